The van der Waals surface area contributed by atoms with Crippen LogP contribution in [-0.2, 0) is 16.4 Å². The first-order valence-corrected chi connectivity index (χ1v) is 9.01. The third-order valence-electron chi connectivity index (χ3n) is 3.62. The smallest absolute Gasteiger partial charge is 0.276 e. The zero-order valence-electron chi connectivity index (χ0n) is 13.2. The van der Waals surface area contributed by atoms with Crippen LogP contribution >= 0.6 is 0 Å². The molecule has 1 heterocycles. The molecule has 0 unspecified atom stereocenters. The first kappa shape index (κ1) is 16.3. The molecule has 0 aliphatic carbocycles. The van der Waals surface area contributed by atoms with Gasteiger partial charge in [0.15, 0.2) is 11.5 Å². The monoisotopic (exact) mass is 346 g/mol. The van der Waals surface area contributed by atoms with Gasteiger partial charge >= 0.3 is 0 Å². The Balaban J connectivity index is 1.59. The molecule has 0 amide bonds. The van der Waals surface area contributed by atoms with Crippen molar-refractivity contribution >= 4 is 15.7 Å². The van der Waals surface area contributed by atoms with Crippen molar-refractivity contribution in [2.45, 2.75) is 24.7 Å². The summed E-state index contributed by atoms with van der Waals surface area (Å²) in [7, 11) is -3.62. The van der Waals surface area contributed by atoms with Gasteiger partial charge in [0.25, 0.3) is 10.0 Å². The van der Waals surface area contributed by atoms with Gasteiger partial charge in [-0.1, -0.05) is 24.3 Å². The van der Waals surface area contributed by atoms with E-state index in [1.165, 1.54) is 12.1 Å². The topological polar surface area (TPSA) is 77.0 Å². The molecule has 126 valence electrons. The second-order valence-electron chi connectivity index (χ2n) is 5.44. The number of aryl methyl sites for hydroxylation is 1. The van der Waals surface area contributed by atoms with Gasteiger partial charge in [-0.05, 0) is 49.6 Å². The minimum atomic E-state index is -3.62. The zero-order valence-corrected chi connectivity index (χ0v) is 14.0. The molecule has 1 N–H and O–H groups in total. The molecule has 3 rings (SSSR count). The first-order valence-electron chi connectivity index (χ1n) is 7.53. The SMILES string of the molecule is C/C(CCc1ccc2c(c1)OCO2)=N\NS(=O)(=O)c1ccccc1. The van der Waals surface area contributed by atoms with Gasteiger partial charge in [0.2, 0.25) is 6.79 Å². The summed E-state index contributed by atoms with van der Waals surface area (Å²) >= 11 is 0. The van der Waals surface area contributed by atoms with Crippen molar-refractivity contribution in [1.29, 1.82) is 0 Å². The Bertz CT molecular complexity index is 848. The molecule has 0 spiro atoms. The normalized spacial score (nSPS) is 13.8. The van der Waals surface area contributed by atoms with E-state index >= 15 is 0 Å². The molecule has 2 aromatic rings. The number of benzene rings is 2. The van der Waals surface area contributed by atoms with E-state index in [1.54, 1.807) is 25.1 Å². The van der Waals surface area contributed by atoms with Crippen LogP contribution < -0.4 is 14.3 Å². The van der Waals surface area contributed by atoms with E-state index in [1.807, 2.05) is 18.2 Å². The Labute approximate surface area is 141 Å². The van der Waals surface area contributed by atoms with Crippen molar-refractivity contribution in [3.8, 4) is 11.5 Å². The molecule has 6 nitrogen and oxygen atoms in total. The molecule has 0 aromatic heterocycles. The Hall–Kier alpha value is -2.54. The highest BCUT2D eigenvalue weighted by Gasteiger charge is 2.14. The van der Waals surface area contributed by atoms with Crippen molar-refractivity contribution in [2.75, 3.05) is 6.79 Å². The molecule has 0 saturated heterocycles. The second-order valence-corrected chi connectivity index (χ2v) is 7.10. The molecule has 0 atom stereocenters. The first-order chi connectivity index (χ1) is 11.5. The van der Waals surface area contributed by atoms with Crippen molar-refractivity contribution in [2.24, 2.45) is 5.10 Å². The summed E-state index contributed by atoms with van der Waals surface area (Å²) in [4.78, 5) is 2.46. The third-order valence-corrected chi connectivity index (χ3v) is 4.85. The van der Waals surface area contributed by atoms with E-state index in [0.717, 1.165) is 23.5 Å². The van der Waals surface area contributed by atoms with Gasteiger partial charge in [0.05, 0.1) is 4.90 Å². The third kappa shape index (κ3) is 3.86. The van der Waals surface area contributed by atoms with Gasteiger partial charge < -0.3 is 9.47 Å². The molecule has 1 aliphatic heterocycles. The molecule has 0 saturated carbocycles. The summed E-state index contributed by atoms with van der Waals surface area (Å²) < 4.78 is 34.8. The quantitative estimate of drug-likeness (QED) is 0.644. The predicted octanol–water partition coefficient (Wildman–Crippen LogP) is 2.70. The fourth-order valence-electron chi connectivity index (χ4n) is 2.27. The minimum Gasteiger partial charge on any atom is -0.454 e. The highest BCUT2D eigenvalue weighted by atomic mass is 32.2. The maximum Gasteiger partial charge on any atom is 0.276 e. The molecule has 0 bridgehead atoms. The summed E-state index contributed by atoms with van der Waals surface area (Å²) in [6.07, 6.45) is 1.37. The Morgan fingerprint density at radius 1 is 1.12 bits per heavy atom. The number of fused-ring (bicyclic) bond motifs is 1. The standard InChI is InChI=1S/C17H18N2O4S/c1-13(18-19-24(20,21)15-5-3-2-4-6-15)7-8-14-9-10-16-17(11-14)23-12-22-16/h2-6,9-11,19H,7-8,12H2,1H3/b18-13+. The Morgan fingerprint density at radius 2 is 1.88 bits per heavy atom. The average Bonchev–Trinajstić information content (AvgIpc) is 3.07. The van der Waals surface area contributed by atoms with Crippen LogP contribution in [0.1, 0.15) is 18.9 Å². The minimum absolute atomic E-state index is 0.192. The molecule has 0 radical (unpaired) electrons. The number of nitrogens with zero attached hydrogens (tertiary/aromatic N) is 1. The number of hydrazone groups is 1. The van der Waals surface area contributed by atoms with Gasteiger partial charge in [-0.25, -0.2) is 4.83 Å². The van der Waals surface area contributed by atoms with Crippen LogP contribution in [0.5, 0.6) is 11.5 Å². The summed E-state index contributed by atoms with van der Waals surface area (Å²) in [5.41, 5.74) is 1.78. The van der Waals surface area contributed by atoms with Crippen LogP contribution in [0, 0.1) is 0 Å². The maximum absolute atomic E-state index is 12.1. The van der Waals surface area contributed by atoms with Crippen LogP contribution in [0.4, 0.5) is 0 Å². The van der Waals surface area contributed by atoms with Gasteiger partial charge in [-0.15, -0.1) is 0 Å². The zero-order chi connectivity index (χ0) is 17.0. The van der Waals surface area contributed by atoms with Crippen molar-refractivity contribution in [3.63, 3.8) is 0 Å². The number of ether oxygens (including phenoxy) is 2. The van der Waals surface area contributed by atoms with E-state index in [9.17, 15) is 8.42 Å². The van der Waals surface area contributed by atoms with E-state index in [-0.39, 0.29) is 11.7 Å². The van der Waals surface area contributed by atoms with E-state index in [4.69, 9.17) is 9.47 Å². The van der Waals surface area contributed by atoms with Crippen LogP contribution in [-0.4, -0.2) is 20.9 Å². The van der Waals surface area contributed by atoms with Crippen LogP contribution in [0.25, 0.3) is 0 Å². The van der Waals surface area contributed by atoms with Crippen molar-refractivity contribution < 1.29 is 17.9 Å². The molecule has 0 fully saturated rings. The Morgan fingerprint density at radius 3 is 2.67 bits per heavy atom. The number of sulfonamides is 1. The number of hydrogen-bond acceptors (Lipinski definition) is 5. The maximum atomic E-state index is 12.1. The molecular weight excluding hydrogens is 328 g/mol. The largest absolute Gasteiger partial charge is 0.454 e. The molecule has 7 heteroatoms. The van der Waals surface area contributed by atoms with E-state index in [2.05, 4.69) is 9.93 Å². The summed E-state index contributed by atoms with van der Waals surface area (Å²) in [6.45, 7) is 2.04. The van der Waals surface area contributed by atoms with Crippen LogP contribution in [0.2, 0.25) is 0 Å². The molecule has 2 aromatic carbocycles. The fourth-order valence-corrected chi connectivity index (χ4v) is 3.16. The molecule has 1 aliphatic rings. The lowest BCUT2D eigenvalue weighted by atomic mass is 10.1. The van der Waals surface area contributed by atoms with E-state index < -0.39 is 10.0 Å². The molecular formula is C17H18N2O4S. The Kier molecular flexibility index (Phi) is 4.71. The van der Waals surface area contributed by atoms with Crippen LogP contribution in [0.3, 0.4) is 0 Å². The predicted molar refractivity (Wildman–Crippen MR) is 90.8 cm³/mol. The lowest BCUT2D eigenvalue weighted by Gasteiger charge is -2.06. The molecule has 24 heavy (non-hydrogen) atoms. The highest BCUT2D eigenvalue weighted by Crippen LogP contribution is 2.32. The fraction of sp³-hybridized carbons (Fsp3) is 0.235. The second kappa shape index (κ2) is 6.92. The van der Waals surface area contributed by atoms with Crippen molar-refractivity contribution in [3.05, 3.63) is 54.1 Å². The van der Waals surface area contributed by atoms with Gasteiger partial charge in [0.1, 0.15) is 0 Å². The van der Waals surface area contributed by atoms with Crippen molar-refractivity contribution in [1.82, 2.24) is 4.83 Å². The number of hydrogen-bond donors (Lipinski definition) is 1. The lowest BCUT2D eigenvalue weighted by molar-refractivity contribution is 0.174. The average molecular weight is 346 g/mol. The highest BCUT2D eigenvalue weighted by molar-refractivity contribution is 7.89. The van der Waals surface area contributed by atoms with Gasteiger partial charge in [0, 0.05) is 5.71 Å². The summed E-state index contributed by atoms with van der Waals surface area (Å²) in [6, 6.07) is 13.9. The van der Waals surface area contributed by atoms with E-state index in [0.29, 0.717) is 12.1 Å². The van der Waals surface area contributed by atoms with Crippen LogP contribution in [0.15, 0.2) is 58.5 Å². The summed E-state index contributed by atoms with van der Waals surface area (Å²) in [5.74, 6) is 1.49. The lowest BCUT2D eigenvalue weighted by Crippen LogP contribution is -2.19. The number of rotatable bonds is 6. The number of nitrogens with one attached hydrogen (secondary N) is 1. The van der Waals surface area contributed by atoms with Gasteiger partial charge in [-0.2, -0.15) is 13.5 Å². The van der Waals surface area contributed by atoms with Gasteiger partial charge in [-0.3, -0.25) is 0 Å². The summed E-state index contributed by atoms with van der Waals surface area (Å²) in [5, 5.41) is 3.98.